The largest absolute Gasteiger partial charge is 0.504 e. The van der Waals surface area contributed by atoms with E-state index in [2.05, 4.69) is 4.90 Å². The van der Waals surface area contributed by atoms with Gasteiger partial charge in [0, 0.05) is 25.2 Å². The van der Waals surface area contributed by atoms with E-state index in [0.29, 0.717) is 24.2 Å². The van der Waals surface area contributed by atoms with Crippen molar-refractivity contribution in [3.05, 3.63) is 58.9 Å². The number of hydrogen-bond acceptors (Lipinski definition) is 5. The molecule has 0 radical (unpaired) electrons. The summed E-state index contributed by atoms with van der Waals surface area (Å²) in [5.74, 6) is 0.871. The van der Waals surface area contributed by atoms with Crippen LogP contribution in [0.15, 0.2) is 36.4 Å². The van der Waals surface area contributed by atoms with E-state index < -0.39 is 17.1 Å². The first-order valence-electron chi connectivity index (χ1n) is 13.3. The van der Waals surface area contributed by atoms with Crippen molar-refractivity contribution in [1.82, 2.24) is 9.80 Å². The number of likely N-dealkylation sites (N-methyl/N-ethyl adjacent to an activating group) is 1. The fraction of sp³-hybridized carbons (Fsp3) is 0.552. The number of amides is 1. The average molecular weight is 493 g/mol. The van der Waals surface area contributed by atoms with Crippen molar-refractivity contribution in [2.75, 3.05) is 20.1 Å². The third-order valence-electron chi connectivity index (χ3n) is 9.87. The molecule has 0 unspecified atom stereocenters. The second-order valence-electron chi connectivity index (χ2n) is 11.7. The predicted molar refractivity (Wildman–Crippen MR) is 131 cm³/mol. The zero-order valence-corrected chi connectivity index (χ0v) is 20.6. The zero-order valence-electron chi connectivity index (χ0n) is 20.6. The summed E-state index contributed by atoms with van der Waals surface area (Å²) in [6, 6.07) is 9.63. The molecule has 7 heteroatoms. The van der Waals surface area contributed by atoms with Crippen LogP contribution in [0.1, 0.15) is 48.8 Å². The molecule has 6 nitrogen and oxygen atoms in total. The first-order chi connectivity index (χ1) is 17.3. The summed E-state index contributed by atoms with van der Waals surface area (Å²) in [5.41, 5.74) is 1.12. The smallest absolute Gasteiger partial charge is 0.227 e. The summed E-state index contributed by atoms with van der Waals surface area (Å²) < 4.78 is 20.3. The Kier molecular flexibility index (Phi) is 4.81. The third kappa shape index (κ3) is 2.99. The fourth-order valence-corrected chi connectivity index (χ4v) is 7.98. The first kappa shape index (κ1) is 22.5. The van der Waals surface area contributed by atoms with Gasteiger partial charge in [0.25, 0.3) is 0 Å². The maximum atomic E-state index is 13.7. The Hall–Kier alpha value is -2.64. The highest BCUT2D eigenvalue weighted by Gasteiger charge is 2.73. The molecule has 2 aromatic carbocycles. The van der Waals surface area contributed by atoms with Crippen molar-refractivity contribution in [3.63, 3.8) is 0 Å². The highest BCUT2D eigenvalue weighted by molar-refractivity contribution is 5.79. The molecule has 1 saturated heterocycles. The molecule has 3 fully saturated rings. The molecular formula is C29H33FN2O4. The Balaban J connectivity index is 1.26. The van der Waals surface area contributed by atoms with Crippen LogP contribution in [0.25, 0.3) is 0 Å². The maximum Gasteiger partial charge on any atom is 0.227 e. The number of carbonyl (C=O) groups excluding carboxylic acids is 1. The van der Waals surface area contributed by atoms with Crippen molar-refractivity contribution in [1.29, 1.82) is 0 Å². The zero-order chi connectivity index (χ0) is 24.8. The molecule has 5 atom stereocenters. The number of likely N-dealkylation sites (tertiary alicyclic amines) is 1. The van der Waals surface area contributed by atoms with Gasteiger partial charge in [0.15, 0.2) is 11.5 Å². The van der Waals surface area contributed by atoms with Crippen LogP contribution in [-0.2, 0) is 23.1 Å². The van der Waals surface area contributed by atoms with Gasteiger partial charge in [-0.1, -0.05) is 18.2 Å². The van der Waals surface area contributed by atoms with E-state index in [9.17, 15) is 19.4 Å². The van der Waals surface area contributed by atoms with E-state index in [1.54, 1.807) is 30.1 Å². The summed E-state index contributed by atoms with van der Waals surface area (Å²) >= 11 is 0. The summed E-state index contributed by atoms with van der Waals surface area (Å²) in [6.45, 7) is 1.91. The summed E-state index contributed by atoms with van der Waals surface area (Å²) in [7, 11) is 1.79. The lowest BCUT2D eigenvalue weighted by molar-refractivity contribution is -0.200. The van der Waals surface area contributed by atoms with Crippen molar-refractivity contribution in [2.45, 2.75) is 74.1 Å². The van der Waals surface area contributed by atoms with E-state index in [0.717, 1.165) is 43.0 Å². The van der Waals surface area contributed by atoms with E-state index in [4.69, 9.17) is 4.74 Å². The molecule has 5 aliphatic rings. The second kappa shape index (κ2) is 7.68. The van der Waals surface area contributed by atoms with Crippen LogP contribution in [0.2, 0.25) is 0 Å². The SMILES string of the molecule is CN(C(=O)Cc1cccc(F)c1)[C@H]1CC[C@@]2(O)[C@H]3Cc4ccc(O)c5c4[C@@]2(CCN3CC2CC2)[C@H]1O5. The van der Waals surface area contributed by atoms with Crippen LogP contribution >= 0.6 is 0 Å². The van der Waals surface area contributed by atoms with Gasteiger partial charge in [0.2, 0.25) is 5.91 Å². The van der Waals surface area contributed by atoms with E-state index in [1.807, 2.05) is 6.07 Å². The van der Waals surface area contributed by atoms with Crippen molar-refractivity contribution >= 4 is 5.91 Å². The molecule has 0 aromatic heterocycles. The van der Waals surface area contributed by atoms with Crippen LogP contribution in [0.3, 0.4) is 0 Å². The Morgan fingerprint density at radius 3 is 2.83 bits per heavy atom. The number of ether oxygens (including phenoxy) is 1. The standard InChI is InChI=1S/C29H33FN2O4/c1-31(24(34)14-18-3-2-4-20(30)13-18)21-9-10-29(35)23-15-19-7-8-22(33)26-25(19)28(29,27(21)36-26)11-12-32(23)16-17-5-6-17/h2-4,7-8,13,17,21,23,27,33,35H,5-6,9-12,14-16H2,1H3/t21-,23+,27-,28-,29+/m0/s1. The third-order valence-corrected chi connectivity index (χ3v) is 9.87. The summed E-state index contributed by atoms with van der Waals surface area (Å²) in [6.07, 6.45) is 4.90. The summed E-state index contributed by atoms with van der Waals surface area (Å²) in [5, 5.41) is 23.4. The Morgan fingerprint density at radius 1 is 1.22 bits per heavy atom. The average Bonchev–Trinajstić information content (AvgIpc) is 3.59. The molecule has 3 aliphatic carbocycles. The van der Waals surface area contributed by atoms with Gasteiger partial charge in [0.05, 0.1) is 23.5 Å². The van der Waals surface area contributed by atoms with Gasteiger partial charge in [-0.05, 0) is 80.3 Å². The molecule has 36 heavy (non-hydrogen) atoms. The van der Waals surface area contributed by atoms with Crippen LogP contribution < -0.4 is 4.74 Å². The Labute approximate surface area is 210 Å². The molecule has 2 heterocycles. The number of rotatable bonds is 5. The number of phenols is 1. The van der Waals surface area contributed by atoms with Gasteiger partial charge in [0.1, 0.15) is 11.9 Å². The molecule has 190 valence electrons. The molecule has 1 amide bonds. The minimum absolute atomic E-state index is 0.00944. The molecule has 1 spiro atoms. The lowest BCUT2D eigenvalue weighted by Gasteiger charge is -2.64. The number of phenolic OH excluding ortho intramolecular Hbond substituents is 1. The van der Waals surface area contributed by atoms with E-state index in [1.165, 1.54) is 25.0 Å². The number of benzene rings is 2. The number of carbonyl (C=O) groups is 1. The number of hydrogen-bond donors (Lipinski definition) is 2. The van der Waals surface area contributed by atoms with Crippen LogP contribution in [0, 0.1) is 11.7 Å². The van der Waals surface area contributed by atoms with Gasteiger partial charge >= 0.3 is 0 Å². The lowest BCUT2D eigenvalue weighted by atomic mass is 9.48. The van der Waals surface area contributed by atoms with Gasteiger partial charge in [-0.2, -0.15) is 0 Å². The number of aliphatic hydroxyl groups is 1. The Bertz CT molecular complexity index is 1250. The highest BCUT2D eigenvalue weighted by Crippen LogP contribution is 2.66. The fourth-order valence-electron chi connectivity index (χ4n) is 7.98. The van der Waals surface area contributed by atoms with Crippen LogP contribution in [0.5, 0.6) is 11.5 Å². The number of piperidine rings is 1. The minimum Gasteiger partial charge on any atom is -0.504 e. The van der Waals surface area contributed by atoms with Gasteiger partial charge in [-0.3, -0.25) is 9.69 Å². The number of halogens is 1. The number of aromatic hydroxyl groups is 1. The van der Waals surface area contributed by atoms with Crippen molar-refractivity contribution in [2.24, 2.45) is 5.92 Å². The summed E-state index contributed by atoms with van der Waals surface area (Å²) in [4.78, 5) is 17.6. The first-order valence-corrected chi connectivity index (χ1v) is 13.3. The quantitative estimate of drug-likeness (QED) is 0.671. The van der Waals surface area contributed by atoms with Crippen LogP contribution in [-0.4, -0.2) is 69.8 Å². The van der Waals surface area contributed by atoms with E-state index >= 15 is 0 Å². The Morgan fingerprint density at radius 2 is 2.06 bits per heavy atom. The van der Waals surface area contributed by atoms with Crippen molar-refractivity contribution in [3.8, 4) is 11.5 Å². The van der Waals surface area contributed by atoms with Gasteiger partial charge in [-0.25, -0.2) is 4.39 Å². The number of nitrogens with zero attached hydrogens (tertiary/aromatic N) is 2. The molecule has 7 rings (SSSR count). The second-order valence-corrected chi connectivity index (χ2v) is 11.7. The molecule has 2 bridgehead atoms. The minimum atomic E-state index is -0.972. The monoisotopic (exact) mass is 492 g/mol. The maximum absolute atomic E-state index is 13.7. The predicted octanol–water partition coefficient (Wildman–Crippen LogP) is 3.17. The lowest BCUT2D eigenvalue weighted by Crippen LogP contribution is -2.78. The van der Waals surface area contributed by atoms with Gasteiger partial charge in [-0.15, -0.1) is 0 Å². The molecule has 2 aromatic rings. The normalized spacial score (nSPS) is 34.1. The molecular weight excluding hydrogens is 459 g/mol. The van der Waals surface area contributed by atoms with E-state index in [-0.39, 0.29) is 36.0 Å². The highest BCUT2D eigenvalue weighted by atomic mass is 19.1. The van der Waals surface area contributed by atoms with Crippen LogP contribution in [0.4, 0.5) is 4.39 Å². The molecule has 2 N–H and O–H groups in total. The topological polar surface area (TPSA) is 73.2 Å². The molecule has 2 saturated carbocycles. The van der Waals surface area contributed by atoms with Crippen molar-refractivity contribution < 1.29 is 24.1 Å². The molecule has 2 aliphatic heterocycles. The van der Waals surface area contributed by atoms with Gasteiger partial charge < -0.3 is 19.8 Å².